The molecular weight excluding hydrogens is 250 g/mol. The van der Waals surface area contributed by atoms with Crippen LogP contribution in [0.1, 0.15) is 36.5 Å². The van der Waals surface area contributed by atoms with Gasteiger partial charge in [-0.05, 0) is 44.0 Å². The van der Waals surface area contributed by atoms with E-state index in [0.29, 0.717) is 11.3 Å². The molecule has 1 N–H and O–H groups in total. The van der Waals surface area contributed by atoms with Gasteiger partial charge in [0.2, 0.25) is 10.0 Å². The van der Waals surface area contributed by atoms with Crippen molar-refractivity contribution in [2.45, 2.75) is 26.2 Å². The number of carbonyl (C=O) groups is 1. The van der Waals surface area contributed by atoms with E-state index in [4.69, 9.17) is 0 Å². The van der Waals surface area contributed by atoms with Crippen LogP contribution in [0.25, 0.3) is 0 Å². The van der Waals surface area contributed by atoms with Gasteiger partial charge in [-0.2, -0.15) is 0 Å². The Hall–Kier alpha value is -1.36. The van der Waals surface area contributed by atoms with Crippen LogP contribution in [-0.2, 0) is 10.0 Å². The van der Waals surface area contributed by atoms with Gasteiger partial charge in [-0.25, -0.2) is 8.42 Å². The summed E-state index contributed by atoms with van der Waals surface area (Å²) in [4.78, 5) is 11.9. The number of anilines is 1. The molecule has 98 valence electrons. The molecule has 0 saturated heterocycles. The molecule has 0 aromatic heterocycles. The first kappa shape index (κ1) is 13.1. The number of benzene rings is 1. The molecule has 1 aliphatic rings. The molecule has 2 rings (SSSR count). The maximum absolute atomic E-state index is 11.9. The Morgan fingerprint density at radius 1 is 1.28 bits per heavy atom. The molecule has 0 bridgehead atoms. The summed E-state index contributed by atoms with van der Waals surface area (Å²) in [5.74, 6) is 0.379. The maximum Gasteiger partial charge on any atom is 0.232 e. The highest BCUT2D eigenvalue weighted by Gasteiger charge is 2.25. The van der Waals surface area contributed by atoms with Gasteiger partial charge in [0.15, 0.2) is 5.78 Å². The van der Waals surface area contributed by atoms with Crippen LogP contribution < -0.4 is 4.72 Å². The van der Waals surface area contributed by atoms with Crippen molar-refractivity contribution in [3.05, 3.63) is 29.8 Å². The van der Waals surface area contributed by atoms with Crippen LogP contribution in [0, 0.1) is 5.92 Å². The van der Waals surface area contributed by atoms with Crippen molar-refractivity contribution in [3.8, 4) is 0 Å². The van der Waals surface area contributed by atoms with Gasteiger partial charge >= 0.3 is 0 Å². The smallest absolute Gasteiger partial charge is 0.232 e. The fraction of sp³-hybridized carbons (Fsp3) is 0.462. The van der Waals surface area contributed by atoms with E-state index in [1.54, 1.807) is 31.2 Å². The minimum Gasteiger partial charge on any atom is -0.294 e. The second-order valence-electron chi connectivity index (χ2n) is 4.57. The van der Waals surface area contributed by atoms with Crippen LogP contribution in [0.5, 0.6) is 0 Å². The van der Waals surface area contributed by atoms with Gasteiger partial charge < -0.3 is 0 Å². The van der Waals surface area contributed by atoms with Gasteiger partial charge in [-0.15, -0.1) is 0 Å². The van der Waals surface area contributed by atoms with E-state index >= 15 is 0 Å². The summed E-state index contributed by atoms with van der Waals surface area (Å²) in [5.41, 5.74) is 1.17. The monoisotopic (exact) mass is 267 g/mol. The average molecular weight is 267 g/mol. The van der Waals surface area contributed by atoms with Crippen LogP contribution in [0.3, 0.4) is 0 Å². The number of carbonyl (C=O) groups excluding carboxylic acids is 1. The minimum atomic E-state index is -3.25. The van der Waals surface area contributed by atoms with E-state index in [1.165, 1.54) is 0 Å². The average Bonchev–Trinajstić information content (AvgIpc) is 2.27. The first-order chi connectivity index (χ1) is 8.52. The fourth-order valence-electron chi connectivity index (χ4n) is 1.86. The molecule has 4 nitrogen and oxygen atoms in total. The second-order valence-corrected chi connectivity index (χ2v) is 6.59. The first-order valence-corrected chi connectivity index (χ1v) is 7.82. The number of hydrogen-bond acceptors (Lipinski definition) is 3. The zero-order chi connectivity index (χ0) is 13.2. The van der Waals surface area contributed by atoms with Crippen LogP contribution in [0.4, 0.5) is 5.69 Å². The lowest BCUT2D eigenvalue weighted by molar-refractivity contribution is 0.0855. The summed E-state index contributed by atoms with van der Waals surface area (Å²) in [6.45, 7) is 1.58. The molecule has 0 radical (unpaired) electrons. The Morgan fingerprint density at radius 3 is 2.33 bits per heavy atom. The third kappa shape index (κ3) is 2.90. The molecule has 0 heterocycles. The van der Waals surface area contributed by atoms with Crippen molar-refractivity contribution in [1.82, 2.24) is 0 Å². The van der Waals surface area contributed by atoms with Crippen molar-refractivity contribution in [3.63, 3.8) is 0 Å². The number of ketones is 1. The first-order valence-electron chi connectivity index (χ1n) is 6.16. The Morgan fingerprint density at radius 2 is 1.89 bits per heavy atom. The standard InChI is InChI=1S/C13H17NO3S/c1-2-18(16,17)14-12-8-6-11(7-9-12)13(15)10-4-3-5-10/h6-10,14H,2-5H2,1H3. The third-order valence-electron chi connectivity index (χ3n) is 3.30. The summed E-state index contributed by atoms with van der Waals surface area (Å²) >= 11 is 0. The van der Waals surface area contributed by atoms with Gasteiger partial charge in [0.05, 0.1) is 5.75 Å². The van der Waals surface area contributed by atoms with Crippen molar-refractivity contribution in [2.24, 2.45) is 5.92 Å². The summed E-state index contributed by atoms with van der Waals surface area (Å²) in [7, 11) is -3.25. The van der Waals surface area contributed by atoms with Crippen LogP contribution in [0.15, 0.2) is 24.3 Å². The maximum atomic E-state index is 11.9. The summed E-state index contributed by atoms with van der Waals surface area (Å²) in [6.07, 6.45) is 3.08. The summed E-state index contributed by atoms with van der Waals surface area (Å²) in [6, 6.07) is 6.65. The predicted octanol–water partition coefficient (Wildman–Crippen LogP) is 2.43. The number of rotatable bonds is 5. The predicted molar refractivity (Wildman–Crippen MR) is 71.2 cm³/mol. The molecular formula is C13H17NO3S. The lowest BCUT2D eigenvalue weighted by Gasteiger charge is -2.23. The van der Waals surface area contributed by atoms with Crippen molar-refractivity contribution in [1.29, 1.82) is 0 Å². The highest BCUT2D eigenvalue weighted by atomic mass is 32.2. The van der Waals surface area contributed by atoms with E-state index in [2.05, 4.69) is 4.72 Å². The Labute approximate surface area is 107 Å². The molecule has 1 fully saturated rings. The minimum absolute atomic E-state index is 0.0375. The lowest BCUT2D eigenvalue weighted by Crippen LogP contribution is -2.22. The SMILES string of the molecule is CCS(=O)(=O)Nc1ccc(C(=O)C2CCC2)cc1. The molecule has 1 saturated carbocycles. The molecule has 0 aliphatic heterocycles. The molecule has 1 aromatic carbocycles. The largest absolute Gasteiger partial charge is 0.294 e. The van der Waals surface area contributed by atoms with Crippen LogP contribution >= 0.6 is 0 Å². The number of hydrogen-bond donors (Lipinski definition) is 1. The molecule has 1 aliphatic carbocycles. The van der Waals surface area contributed by atoms with E-state index in [-0.39, 0.29) is 17.5 Å². The normalized spacial score (nSPS) is 16.1. The topological polar surface area (TPSA) is 63.2 Å². The summed E-state index contributed by atoms with van der Waals surface area (Å²) in [5, 5.41) is 0. The molecule has 0 unspecified atom stereocenters. The number of nitrogens with one attached hydrogen (secondary N) is 1. The highest BCUT2D eigenvalue weighted by molar-refractivity contribution is 7.92. The number of sulfonamides is 1. The molecule has 18 heavy (non-hydrogen) atoms. The van der Waals surface area contributed by atoms with Gasteiger partial charge in [-0.1, -0.05) is 6.42 Å². The Kier molecular flexibility index (Phi) is 3.71. The van der Waals surface area contributed by atoms with Gasteiger partial charge in [0.1, 0.15) is 0 Å². The molecule has 0 atom stereocenters. The number of Topliss-reactive ketones (excluding diaryl/α,β-unsaturated/α-hetero) is 1. The zero-order valence-corrected chi connectivity index (χ0v) is 11.2. The van der Waals surface area contributed by atoms with E-state index in [1.807, 2.05) is 0 Å². The van der Waals surface area contributed by atoms with E-state index < -0.39 is 10.0 Å². The van der Waals surface area contributed by atoms with E-state index in [9.17, 15) is 13.2 Å². The summed E-state index contributed by atoms with van der Waals surface area (Å²) < 4.78 is 25.2. The molecule has 5 heteroatoms. The van der Waals surface area contributed by atoms with Crippen LogP contribution in [-0.4, -0.2) is 20.0 Å². The van der Waals surface area contributed by atoms with Gasteiger partial charge in [0.25, 0.3) is 0 Å². The third-order valence-corrected chi connectivity index (χ3v) is 4.61. The molecule has 1 aromatic rings. The lowest BCUT2D eigenvalue weighted by atomic mass is 9.80. The Balaban J connectivity index is 2.07. The van der Waals surface area contributed by atoms with Crippen molar-refractivity contribution >= 4 is 21.5 Å². The molecule has 0 spiro atoms. The molecule has 0 amide bonds. The second kappa shape index (κ2) is 5.10. The Bertz CT molecular complexity index is 530. The van der Waals surface area contributed by atoms with Crippen LogP contribution in [0.2, 0.25) is 0 Å². The van der Waals surface area contributed by atoms with Gasteiger partial charge in [0, 0.05) is 17.2 Å². The zero-order valence-electron chi connectivity index (χ0n) is 10.3. The highest BCUT2D eigenvalue weighted by Crippen LogP contribution is 2.30. The van der Waals surface area contributed by atoms with Crippen molar-refractivity contribution in [2.75, 3.05) is 10.5 Å². The quantitative estimate of drug-likeness (QED) is 0.833. The fourth-order valence-corrected chi connectivity index (χ4v) is 2.50. The van der Waals surface area contributed by atoms with E-state index in [0.717, 1.165) is 19.3 Å². The van der Waals surface area contributed by atoms with Gasteiger partial charge in [-0.3, -0.25) is 9.52 Å². The van der Waals surface area contributed by atoms with Crippen molar-refractivity contribution < 1.29 is 13.2 Å².